The molecule has 152 valence electrons. The van der Waals surface area contributed by atoms with Crippen LogP contribution in [0.1, 0.15) is 33.6 Å². The van der Waals surface area contributed by atoms with Crippen molar-refractivity contribution in [2.24, 2.45) is 5.73 Å². The summed E-state index contributed by atoms with van der Waals surface area (Å²) in [5.74, 6) is 0.587. The molecule has 1 fully saturated rings. The fraction of sp³-hybridized carbons (Fsp3) is 0.167. The van der Waals surface area contributed by atoms with E-state index in [2.05, 4.69) is 10.2 Å². The van der Waals surface area contributed by atoms with Gasteiger partial charge in [0.05, 0.1) is 11.4 Å². The maximum absolute atomic E-state index is 12.8. The van der Waals surface area contributed by atoms with Crippen molar-refractivity contribution in [1.29, 1.82) is 0 Å². The lowest BCUT2D eigenvalue weighted by molar-refractivity contribution is 0.0996. The van der Waals surface area contributed by atoms with E-state index in [1.54, 1.807) is 36.4 Å². The molecule has 0 spiro atoms. The first-order valence-electron chi connectivity index (χ1n) is 9.93. The van der Waals surface area contributed by atoms with Gasteiger partial charge in [0.15, 0.2) is 0 Å². The molecule has 1 saturated heterocycles. The largest absolute Gasteiger partial charge is 0.457 e. The molecule has 1 aliphatic heterocycles. The van der Waals surface area contributed by atoms with E-state index in [4.69, 9.17) is 10.5 Å². The van der Waals surface area contributed by atoms with Crippen molar-refractivity contribution in [1.82, 2.24) is 0 Å². The number of carbonyl (C=O) groups is 2. The molecule has 0 radical (unpaired) electrons. The van der Waals surface area contributed by atoms with Gasteiger partial charge in [-0.15, -0.1) is 0 Å². The highest BCUT2D eigenvalue weighted by Crippen LogP contribution is 2.30. The van der Waals surface area contributed by atoms with E-state index in [1.807, 2.05) is 36.4 Å². The monoisotopic (exact) mass is 401 g/mol. The molecule has 6 heteroatoms. The average Bonchev–Trinajstić information content (AvgIpc) is 3.29. The lowest BCUT2D eigenvalue weighted by Crippen LogP contribution is -2.22. The molecule has 0 atom stereocenters. The van der Waals surface area contributed by atoms with Crippen LogP contribution in [0, 0.1) is 0 Å². The first-order chi connectivity index (χ1) is 14.6. The van der Waals surface area contributed by atoms with Crippen LogP contribution in [0.25, 0.3) is 0 Å². The molecule has 6 nitrogen and oxygen atoms in total. The zero-order chi connectivity index (χ0) is 20.9. The molecule has 2 amide bonds. The Hall–Kier alpha value is -3.80. The quantitative estimate of drug-likeness (QED) is 0.640. The number of benzene rings is 3. The molecule has 0 aliphatic carbocycles. The molecule has 0 saturated carbocycles. The van der Waals surface area contributed by atoms with E-state index < -0.39 is 5.91 Å². The van der Waals surface area contributed by atoms with Crippen LogP contribution in [0.5, 0.6) is 11.5 Å². The Morgan fingerprint density at radius 2 is 1.47 bits per heavy atom. The first-order valence-corrected chi connectivity index (χ1v) is 9.93. The summed E-state index contributed by atoms with van der Waals surface area (Å²) in [7, 11) is 0. The number of amides is 2. The van der Waals surface area contributed by atoms with Crippen molar-refractivity contribution in [2.75, 3.05) is 23.3 Å². The number of ether oxygens (including phenoxy) is 1. The summed E-state index contributed by atoms with van der Waals surface area (Å²) in [6, 6.07) is 21.6. The number of hydrogen-bond acceptors (Lipinski definition) is 4. The van der Waals surface area contributed by atoms with Crippen LogP contribution in [0.15, 0.2) is 72.8 Å². The molecule has 1 heterocycles. The highest BCUT2D eigenvalue weighted by Gasteiger charge is 2.19. The predicted molar refractivity (Wildman–Crippen MR) is 117 cm³/mol. The lowest BCUT2D eigenvalue weighted by Gasteiger charge is -2.22. The van der Waals surface area contributed by atoms with Gasteiger partial charge in [-0.05, 0) is 67.4 Å². The summed E-state index contributed by atoms with van der Waals surface area (Å²) in [5.41, 5.74) is 7.77. The van der Waals surface area contributed by atoms with Gasteiger partial charge in [-0.25, -0.2) is 0 Å². The third-order valence-electron chi connectivity index (χ3n) is 5.07. The van der Waals surface area contributed by atoms with E-state index in [9.17, 15) is 9.59 Å². The molecule has 0 unspecified atom stereocenters. The summed E-state index contributed by atoms with van der Waals surface area (Å²) in [6.07, 6.45) is 2.21. The van der Waals surface area contributed by atoms with E-state index in [0.29, 0.717) is 22.6 Å². The lowest BCUT2D eigenvalue weighted by atomic mass is 10.1. The van der Waals surface area contributed by atoms with Crippen LogP contribution in [0.2, 0.25) is 0 Å². The molecule has 1 aliphatic rings. The molecule has 0 aromatic heterocycles. The van der Waals surface area contributed by atoms with Gasteiger partial charge in [0, 0.05) is 24.2 Å². The predicted octanol–water partition coefficient (Wildman–Crippen LogP) is 4.43. The number of anilines is 2. The molecule has 3 N–H and O–H groups in total. The molecular weight excluding hydrogens is 378 g/mol. The van der Waals surface area contributed by atoms with Gasteiger partial charge < -0.3 is 20.7 Å². The van der Waals surface area contributed by atoms with Gasteiger partial charge in [0.1, 0.15) is 11.5 Å². The summed E-state index contributed by atoms with van der Waals surface area (Å²) in [6.45, 7) is 1.84. The van der Waals surface area contributed by atoms with E-state index in [-0.39, 0.29) is 5.91 Å². The minimum atomic E-state index is -0.527. The van der Waals surface area contributed by atoms with Crippen molar-refractivity contribution >= 4 is 23.2 Å². The highest BCUT2D eigenvalue weighted by atomic mass is 16.5. The van der Waals surface area contributed by atoms with Gasteiger partial charge in [0.25, 0.3) is 5.91 Å². The van der Waals surface area contributed by atoms with Crippen LogP contribution in [-0.4, -0.2) is 24.9 Å². The van der Waals surface area contributed by atoms with Crippen molar-refractivity contribution in [3.05, 3.63) is 83.9 Å². The Morgan fingerprint density at radius 1 is 0.833 bits per heavy atom. The normalized spacial score (nSPS) is 13.1. The second kappa shape index (κ2) is 8.69. The summed E-state index contributed by atoms with van der Waals surface area (Å²) in [4.78, 5) is 26.7. The number of carbonyl (C=O) groups excluding carboxylic acids is 2. The number of nitrogens with two attached hydrogens (primary N) is 1. The Balaban J connectivity index is 1.52. The minimum absolute atomic E-state index is 0.261. The number of nitrogens with zero attached hydrogens (tertiary/aromatic N) is 1. The second-order valence-electron chi connectivity index (χ2n) is 7.18. The minimum Gasteiger partial charge on any atom is -0.457 e. The van der Waals surface area contributed by atoms with Crippen LogP contribution >= 0.6 is 0 Å². The Morgan fingerprint density at radius 3 is 2.13 bits per heavy atom. The third-order valence-corrected chi connectivity index (χ3v) is 5.07. The zero-order valence-corrected chi connectivity index (χ0v) is 16.5. The molecule has 3 aromatic rings. The highest BCUT2D eigenvalue weighted by molar-refractivity contribution is 6.07. The molecule has 4 rings (SSSR count). The van der Waals surface area contributed by atoms with E-state index in [1.165, 1.54) is 0 Å². The van der Waals surface area contributed by atoms with E-state index >= 15 is 0 Å². The summed E-state index contributed by atoms with van der Waals surface area (Å²) >= 11 is 0. The van der Waals surface area contributed by atoms with Crippen LogP contribution in [0.4, 0.5) is 11.4 Å². The number of rotatable bonds is 6. The van der Waals surface area contributed by atoms with Gasteiger partial charge in [-0.1, -0.05) is 18.2 Å². The van der Waals surface area contributed by atoms with Crippen LogP contribution in [0.3, 0.4) is 0 Å². The fourth-order valence-corrected chi connectivity index (χ4v) is 3.52. The fourth-order valence-electron chi connectivity index (χ4n) is 3.52. The Kier molecular flexibility index (Phi) is 5.66. The summed E-state index contributed by atoms with van der Waals surface area (Å²) < 4.78 is 5.77. The molecule has 0 bridgehead atoms. The van der Waals surface area contributed by atoms with Crippen LogP contribution in [-0.2, 0) is 0 Å². The number of nitrogens with one attached hydrogen (secondary N) is 1. The van der Waals surface area contributed by atoms with Crippen molar-refractivity contribution in [3.8, 4) is 11.5 Å². The molecular formula is C24H23N3O3. The smallest absolute Gasteiger partial charge is 0.255 e. The van der Waals surface area contributed by atoms with Gasteiger partial charge in [-0.3, -0.25) is 9.59 Å². The maximum atomic E-state index is 12.8. The standard InChI is InChI=1S/C24H23N3O3/c25-23(28)18-10-13-22(27-14-4-5-15-27)21(16-18)26-24(29)17-8-11-20(12-9-17)30-19-6-2-1-3-7-19/h1-3,6-13,16H,4-5,14-15H2,(H2,25,28)(H,26,29). The number of hydrogen-bond donors (Lipinski definition) is 2. The maximum Gasteiger partial charge on any atom is 0.255 e. The van der Waals surface area contributed by atoms with Crippen LogP contribution < -0.4 is 20.7 Å². The van der Waals surface area contributed by atoms with Crippen molar-refractivity contribution < 1.29 is 14.3 Å². The SMILES string of the molecule is NC(=O)c1ccc(N2CCCC2)c(NC(=O)c2ccc(Oc3ccccc3)cc2)c1. The van der Waals surface area contributed by atoms with Crippen molar-refractivity contribution in [2.45, 2.75) is 12.8 Å². The van der Waals surface area contributed by atoms with Gasteiger partial charge in [0.2, 0.25) is 5.91 Å². The van der Waals surface area contributed by atoms with E-state index in [0.717, 1.165) is 37.4 Å². The zero-order valence-electron chi connectivity index (χ0n) is 16.5. The molecule has 30 heavy (non-hydrogen) atoms. The third kappa shape index (κ3) is 4.43. The average molecular weight is 401 g/mol. The Labute approximate surface area is 175 Å². The summed E-state index contributed by atoms with van der Waals surface area (Å²) in [5, 5.41) is 2.94. The first kappa shape index (κ1) is 19.5. The van der Waals surface area contributed by atoms with Gasteiger partial charge in [-0.2, -0.15) is 0 Å². The molecule has 3 aromatic carbocycles. The number of primary amides is 1. The van der Waals surface area contributed by atoms with Crippen molar-refractivity contribution in [3.63, 3.8) is 0 Å². The second-order valence-corrected chi connectivity index (χ2v) is 7.18. The topological polar surface area (TPSA) is 84.7 Å². The Bertz CT molecular complexity index is 1040. The number of para-hydroxylation sites is 1. The van der Waals surface area contributed by atoms with Gasteiger partial charge >= 0.3 is 0 Å².